The zero-order valence-corrected chi connectivity index (χ0v) is 16.9. The van der Waals surface area contributed by atoms with Gasteiger partial charge in [0.15, 0.2) is 0 Å². The Hall–Kier alpha value is -3.73. The molecule has 0 aliphatic carbocycles. The summed E-state index contributed by atoms with van der Waals surface area (Å²) in [5.41, 5.74) is 4.29. The highest BCUT2D eigenvalue weighted by atomic mass is 16.5. The number of hydrogen-bond donors (Lipinski definition) is 0. The monoisotopic (exact) mass is 397 g/mol. The van der Waals surface area contributed by atoms with Crippen LogP contribution in [0.3, 0.4) is 0 Å². The lowest BCUT2D eigenvalue weighted by Gasteiger charge is -2.16. The molecule has 0 fully saturated rings. The highest BCUT2D eigenvalue weighted by molar-refractivity contribution is 5.76. The highest BCUT2D eigenvalue weighted by Crippen LogP contribution is 2.23. The van der Waals surface area contributed by atoms with Crippen molar-refractivity contribution in [2.75, 3.05) is 7.05 Å². The largest absolute Gasteiger partial charge is 0.341 e. The van der Waals surface area contributed by atoms with Crippen molar-refractivity contribution in [3.05, 3.63) is 96.4 Å². The Balaban J connectivity index is 1.34. The molecular formula is C25H23N3O2. The molecule has 0 saturated carbocycles. The first kappa shape index (κ1) is 19.6. The van der Waals surface area contributed by atoms with E-state index in [-0.39, 0.29) is 5.91 Å². The molecule has 0 N–H and O–H groups in total. The number of rotatable bonds is 7. The molecule has 0 atom stereocenters. The second-order valence-corrected chi connectivity index (χ2v) is 7.19. The lowest BCUT2D eigenvalue weighted by Crippen LogP contribution is -2.26. The Kier molecular flexibility index (Phi) is 5.99. The minimum Gasteiger partial charge on any atom is -0.341 e. The van der Waals surface area contributed by atoms with Crippen LogP contribution in [-0.4, -0.2) is 28.0 Å². The third-order valence-corrected chi connectivity index (χ3v) is 4.96. The number of aryl methyl sites for hydroxylation is 1. The topological polar surface area (TPSA) is 59.2 Å². The zero-order chi connectivity index (χ0) is 20.8. The van der Waals surface area contributed by atoms with Crippen LogP contribution in [0, 0.1) is 0 Å². The molecule has 0 aliphatic heterocycles. The van der Waals surface area contributed by atoms with Crippen molar-refractivity contribution in [1.82, 2.24) is 15.0 Å². The van der Waals surface area contributed by atoms with Crippen molar-refractivity contribution in [3.8, 4) is 22.5 Å². The van der Waals surface area contributed by atoms with E-state index in [1.54, 1.807) is 4.90 Å². The molecule has 0 bridgehead atoms. The number of benzene rings is 3. The lowest BCUT2D eigenvalue weighted by molar-refractivity contribution is -0.130. The molecule has 4 aromatic rings. The number of aromatic nitrogens is 2. The minimum atomic E-state index is 0.0471. The summed E-state index contributed by atoms with van der Waals surface area (Å²) in [4.78, 5) is 18.6. The van der Waals surface area contributed by atoms with Crippen LogP contribution in [0.1, 0.15) is 17.9 Å². The van der Waals surface area contributed by atoms with Crippen LogP contribution in [0.2, 0.25) is 0 Å². The van der Waals surface area contributed by atoms with Gasteiger partial charge in [-0.3, -0.25) is 4.79 Å². The van der Waals surface area contributed by atoms with Gasteiger partial charge in [-0.2, -0.15) is 4.98 Å². The van der Waals surface area contributed by atoms with E-state index in [0.29, 0.717) is 31.1 Å². The molecular weight excluding hydrogens is 374 g/mol. The van der Waals surface area contributed by atoms with Gasteiger partial charge >= 0.3 is 0 Å². The molecule has 3 aromatic carbocycles. The molecule has 30 heavy (non-hydrogen) atoms. The van der Waals surface area contributed by atoms with E-state index in [9.17, 15) is 4.79 Å². The van der Waals surface area contributed by atoms with Gasteiger partial charge in [0.1, 0.15) is 0 Å². The van der Waals surface area contributed by atoms with Gasteiger partial charge in [-0.05, 0) is 16.7 Å². The van der Waals surface area contributed by atoms with Gasteiger partial charge in [-0.25, -0.2) is 0 Å². The van der Waals surface area contributed by atoms with Crippen LogP contribution in [0.4, 0.5) is 0 Å². The van der Waals surface area contributed by atoms with Crippen LogP contribution in [0.5, 0.6) is 0 Å². The third-order valence-electron chi connectivity index (χ3n) is 4.96. The van der Waals surface area contributed by atoms with E-state index in [1.807, 2.05) is 79.8 Å². The number of amides is 1. The molecule has 5 nitrogen and oxygen atoms in total. The fourth-order valence-electron chi connectivity index (χ4n) is 3.27. The van der Waals surface area contributed by atoms with Crippen LogP contribution < -0.4 is 0 Å². The smallest absolute Gasteiger partial charge is 0.227 e. The molecule has 0 unspecified atom stereocenters. The van der Waals surface area contributed by atoms with Gasteiger partial charge in [-0.15, -0.1) is 0 Å². The lowest BCUT2D eigenvalue weighted by atomic mass is 10.0. The first-order chi connectivity index (χ1) is 14.7. The Bertz CT molecular complexity index is 1090. The van der Waals surface area contributed by atoms with Crippen molar-refractivity contribution in [3.63, 3.8) is 0 Å². The summed E-state index contributed by atoms with van der Waals surface area (Å²) >= 11 is 0. The van der Waals surface area contributed by atoms with Gasteiger partial charge in [0.2, 0.25) is 17.6 Å². The van der Waals surface area contributed by atoms with Gasteiger partial charge in [0, 0.05) is 32.0 Å². The standard InChI is InChI=1S/C25H23N3O2/c1-28(18-19-8-4-2-5-9-19)24(29)17-16-23-26-25(27-30-23)22-14-12-21(13-15-22)20-10-6-3-7-11-20/h2-15H,16-18H2,1H3. The highest BCUT2D eigenvalue weighted by Gasteiger charge is 2.14. The van der Waals surface area contributed by atoms with Crippen molar-refractivity contribution in [1.29, 1.82) is 0 Å². The molecule has 0 saturated heterocycles. The molecule has 1 aromatic heterocycles. The number of carbonyl (C=O) groups excluding carboxylic acids is 1. The maximum atomic E-state index is 12.4. The Morgan fingerprint density at radius 1 is 0.833 bits per heavy atom. The Morgan fingerprint density at radius 2 is 1.43 bits per heavy atom. The molecule has 0 aliphatic rings. The fourth-order valence-corrected chi connectivity index (χ4v) is 3.27. The van der Waals surface area contributed by atoms with Crippen LogP contribution in [0.25, 0.3) is 22.5 Å². The number of hydrogen-bond acceptors (Lipinski definition) is 4. The zero-order valence-electron chi connectivity index (χ0n) is 16.9. The summed E-state index contributed by atoms with van der Waals surface area (Å²) < 4.78 is 5.35. The van der Waals surface area contributed by atoms with Crippen molar-refractivity contribution in [2.24, 2.45) is 0 Å². The summed E-state index contributed by atoms with van der Waals surface area (Å²) in [6.07, 6.45) is 0.755. The van der Waals surface area contributed by atoms with E-state index in [4.69, 9.17) is 4.52 Å². The van der Waals surface area contributed by atoms with E-state index >= 15 is 0 Å². The van der Waals surface area contributed by atoms with E-state index in [1.165, 1.54) is 0 Å². The molecule has 0 radical (unpaired) electrons. The van der Waals surface area contributed by atoms with Crippen LogP contribution in [0.15, 0.2) is 89.5 Å². The second kappa shape index (κ2) is 9.18. The first-order valence-electron chi connectivity index (χ1n) is 9.95. The van der Waals surface area contributed by atoms with Gasteiger partial charge in [0.25, 0.3) is 0 Å². The molecule has 5 heteroatoms. The fraction of sp³-hybridized carbons (Fsp3) is 0.160. The number of carbonyl (C=O) groups is 1. The second-order valence-electron chi connectivity index (χ2n) is 7.19. The Morgan fingerprint density at radius 3 is 2.13 bits per heavy atom. The van der Waals surface area contributed by atoms with Gasteiger partial charge in [0.05, 0.1) is 0 Å². The van der Waals surface area contributed by atoms with Crippen LogP contribution in [-0.2, 0) is 17.8 Å². The maximum Gasteiger partial charge on any atom is 0.227 e. The molecule has 1 heterocycles. The van der Waals surface area contributed by atoms with Gasteiger partial charge < -0.3 is 9.42 Å². The molecule has 4 rings (SSSR count). The van der Waals surface area contributed by atoms with Crippen LogP contribution >= 0.6 is 0 Å². The average Bonchev–Trinajstić information content (AvgIpc) is 3.28. The van der Waals surface area contributed by atoms with Crippen molar-refractivity contribution in [2.45, 2.75) is 19.4 Å². The third kappa shape index (κ3) is 4.81. The van der Waals surface area contributed by atoms with Crippen molar-refractivity contribution >= 4 is 5.91 Å². The SMILES string of the molecule is CN(Cc1ccccc1)C(=O)CCc1nc(-c2ccc(-c3ccccc3)cc2)no1. The summed E-state index contributed by atoms with van der Waals surface area (Å²) in [7, 11) is 1.81. The van der Waals surface area contributed by atoms with E-state index in [2.05, 4.69) is 22.3 Å². The maximum absolute atomic E-state index is 12.4. The quantitative estimate of drug-likeness (QED) is 0.441. The number of nitrogens with zero attached hydrogens (tertiary/aromatic N) is 3. The summed E-state index contributed by atoms with van der Waals surface area (Å²) in [6, 6.07) is 28.2. The summed E-state index contributed by atoms with van der Waals surface area (Å²) in [5.74, 6) is 1.05. The first-order valence-corrected chi connectivity index (χ1v) is 9.95. The molecule has 1 amide bonds. The van der Waals surface area contributed by atoms with Gasteiger partial charge in [-0.1, -0.05) is 90.1 Å². The van der Waals surface area contributed by atoms with E-state index < -0.39 is 0 Å². The normalized spacial score (nSPS) is 10.7. The Labute approximate surface area is 176 Å². The van der Waals surface area contributed by atoms with E-state index in [0.717, 1.165) is 22.3 Å². The minimum absolute atomic E-state index is 0.0471. The average molecular weight is 397 g/mol. The molecule has 0 spiro atoms. The summed E-state index contributed by atoms with van der Waals surface area (Å²) in [6.45, 7) is 0.586. The molecule has 150 valence electrons. The predicted octanol–water partition coefficient (Wildman–Crippen LogP) is 4.99. The van der Waals surface area contributed by atoms with Crippen molar-refractivity contribution < 1.29 is 9.32 Å². The predicted molar refractivity (Wildman–Crippen MR) is 116 cm³/mol. The summed E-state index contributed by atoms with van der Waals surface area (Å²) in [5, 5.41) is 4.07.